The predicted octanol–water partition coefficient (Wildman–Crippen LogP) is 2.36. The molecule has 2 aromatic rings. The van der Waals surface area contributed by atoms with Gasteiger partial charge in [0.15, 0.2) is 0 Å². The Bertz CT molecular complexity index is 759. The number of aliphatic hydroxyl groups is 1. The van der Waals surface area contributed by atoms with Crippen molar-refractivity contribution in [3.63, 3.8) is 0 Å². The number of rotatable bonds is 2. The van der Waals surface area contributed by atoms with Crippen LogP contribution in [0.3, 0.4) is 0 Å². The van der Waals surface area contributed by atoms with Gasteiger partial charge in [-0.05, 0) is 24.6 Å². The number of aliphatic hydroxyl groups excluding tert-OH is 1. The summed E-state index contributed by atoms with van der Waals surface area (Å²) < 4.78 is 27.5. The minimum absolute atomic E-state index is 0.0140. The predicted molar refractivity (Wildman–Crippen MR) is 77.8 cm³/mol. The first-order valence-corrected chi connectivity index (χ1v) is 7.24. The smallest absolute Gasteiger partial charge is 0.274 e. The van der Waals surface area contributed by atoms with Crippen LogP contribution in [0.1, 0.15) is 28.5 Å². The Hall–Kier alpha value is -2.12. The van der Waals surface area contributed by atoms with Crippen molar-refractivity contribution in [1.82, 2.24) is 14.9 Å². The van der Waals surface area contributed by atoms with Gasteiger partial charge in [-0.3, -0.25) is 4.79 Å². The number of carbonyl (C=O) groups is 1. The molecule has 0 spiro atoms. The van der Waals surface area contributed by atoms with Crippen molar-refractivity contribution in [2.75, 3.05) is 6.54 Å². The average Bonchev–Trinajstić information content (AvgIpc) is 2.91. The van der Waals surface area contributed by atoms with Crippen molar-refractivity contribution < 1.29 is 18.7 Å². The molecular weight excluding hydrogens is 328 g/mol. The molecule has 1 aromatic carbocycles. The number of aromatic nitrogens is 2. The van der Waals surface area contributed by atoms with Crippen molar-refractivity contribution in [1.29, 1.82) is 0 Å². The second-order valence-corrected chi connectivity index (χ2v) is 5.66. The van der Waals surface area contributed by atoms with Crippen LogP contribution in [-0.4, -0.2) is 38.5 Å². The summed E-state index contributed by atoms with van der Waals surface area (Å²) in [6.45, 7) is -0.0141. The van der Waals surface area contributed by atoms with Crippen molar-refractivity contribution in [2.24, 2.45) is 0 Å². The molecule has 0 unspecified atom stereocenters. The average molecular weight is 340 g/mol. The first-order chi connectivity index (χ1) is 11.0. The van der Waals surface area contributed by atoms with Crippen molar-refractivity contribution in [3.05, 3.63) is 58.6 Å². The molecule has 23 heavy (non-hydrogen) atoms. The van der Waals surface area contributed by atoms with Gasteiger partial charge < -0.3 is 10.0 Å². The number of likely N-dealkylation sites (tertiary alicyclic amines) is 1. The molecule has 1 fully saturated rings. The Labute approximate surface area is 135 Å². The molecule has 0 bridgehead atoms. The van der Waals surface area contributed by atoms with E-state index in [1.807, 2.05) is 0 Å². The fourth-order valence-corrected chi connectivity index (χ4v) is 2.90. The highest BCUT2D eigenvalue weighted by Crippen LogP contribution is 2.35. The van der Waals surface area contributed by atoms with E-state index in [1.54, 1.807) is 0 Å². The molecule has 1 N–H and O–H groups in total. The summed E-state index contributed by atoms with van der Waals surface area (Å²) in [5, 5.41) is 9.93. The van der Waals surface area contributed by atoms with E-state index in [-0.39, 0.29) is 29.2 Å². The van der Waals surface area contributed by atoms with Gasteiger partial charge in [-0.1, -0.05) is 11.6 Å². The number of β-amino-alcohol motifs (C(OH)–C–C–N with tert-alkyl or cyclic N) is 1. The van der Waals surface area contributed by atoms with Crippen LogP contribution in [-0.2, 0) is 0 Å². The lowest BCUT2D eigenvalue weighted by atomic mass is 10.0. The summed E-state index contributed by atoms with van der Waals surface area (Å²) in [4.78, 5) is 21.4. The molecule has 0 aliphatic carbocycles. The second kappa shape index (κ2) is 6.17. The molecule has 2 heterocycles. The lowest BCUT2D eigenvalue weighted by molar-refractivity contribution is 0.0707. The Morgan fingerprint density at radius 3 is 2.91 bits per heavy atom. The van der Waals surface area contributed by atoms with E-state index >= 15 is 0 Å². The number of hydrogen-bond donors (Lipinski definition) is 1. The largest absolute Gasteiger partial charge is 0.391 e. The molecule has 8 heteroatoms. The van der Waals surface area contributed by atoms with Gasteiger partial charge in [-0.25, -0.2) is 18.7 Å². The first kappa shape index (κ1) is 15.8. The molecule has 3 rings (SSSR count). The fraction of sp³-hybridized carbons (Fsp3) is 0.267. The van der Waals surface area contributed by atoms with E-state index in [0.717, 1.165) is 18.2 Å². The van der Waals surface area contributed by atoms with Crippen LogP contribution in [0.4, 0.5) is 8.78 Å². The normalized spacial score (nSPS) is 20.8. The lowest BCUT2D eigenvalue weighted by Gasteiger charge is -2.25. The zero-order valence-electron chi connectivity index (χ0n) is 11.8. The van der Waals surface area contributed by atoms with Crippen molar-refractivity contribution in [2.45, 2.75) is 18.6 Å². The topological polar surface area (TPSA) is 66.3 Å². The zero-order valence-corrected chi connectivity index (χ0v) is 12.5. The summed E-state index contributed by atoms with van der Waals surface area (Å²) in [6.07, 6.45) is 1.71. The number of benzene rings is 1. The highest BCUT2D eigenvalue weighted by atomic mass is 35.5. The van der Waals surface area contributed by atoms with Crippen molar-refractivity contribution in [3.8, 4) is 0 Å². The highest BCUT2D eigenvalue weighted by Gasteiger charge is 2.38. The summed E-state index contributed by atoms with van der Waals surface area (Å²) in [5.41, 5.74) is -0.0299. The Morgan fingerprint density at radius 1 is 1.39 bits per heavy atom. The van der Waals surface area contributed by atoms with Gasteiger partial charge >= 0.3 is 0 Å². The first-order valence-electron chi connectivity index (χ1n) is 6.87. The van der Waals surface area contributed by atoms with E-state index in [0.29, 0.717) is 0 Å². The number of halogens is 3. The fourth-order valence-electron chi connectivity index (χ4n) is 2.71. The highest BCUT2D eigenvalue weighted by molar-refractivity contribution is 6.33. The van der Waals surface area contributed by atoms with Crippen LogP contribution in [0, 0.1) is 11.6 Å². The molecule has 5 nitrogen and oxygen atoms in total. The van der Waals surface area contributed by atoms with E-state index < -0.39 is 29.7 Å². The molecule has 1 amide bonds. The van der Waals surface area contributed by atoms with Gasteiger partial charge in [-0.15, -0.1) is 0 Å². The number of amides is 1. The van der Waals surface area contributed by atoms with Gasteiger partial charge in [0.25, 0.3) is 5.91 Å². The molecular formula is C15H12ClF2N3O2. The van der Waals surface area contributed by atoms with Crippen LogP contribution < -0.4 is 0 Å². The summed E-state index contributed by atoms with van der Waals surface area (Å²) in [5.74, 6) is -1.82. The quantitative estimate of drug-likeness (QED) is 0.912. The van der Waals surface area contributed by atoms with E-state index in [2.05, 4.69) is 9.97 Å². The summed E-state index contributed by atoms with van der Waals surface area (Å²) >= 11 is 5.92. The maximum absolute atomic E-state index is 14.0. The van der Waals surface area contributed by atoms with Crippen LogP contribution in [0.25, 0.3) is 0 Å². The maximum Gasteiger partial charge on any atom is 0.274 e. The van der Waals surface area contributed by atoms with Crippen LogP contribution in [0.2, 0.25) is 5.02 Å². The Kier molecular flexibility index (Phi) is 4.23. The maximum atomic E-state index is 14.0. The molecule has 0 radical (unpaired) electrons. The van der Waals surface area contributed by atoms with Gasteiger partial charge in [0.05, 0.1) is 17.2 Å². The molecule has 1 aliphatic heterocycles. The second-order valence-electron chi connectivity index (χ2n) is 5.25. The van der Waals surface area contributed by atoms with Crippen LogP contribution >= 0.6 is 11.6 Å². The molecule has 1 aliphatic rings. The summed E-state index contributed by atoms with van der Waals surface area (Å²) in [6, 6.07) is 2.23. The van der Waals surface area contributed by atoms with Crippen molar-refractivity contribution >= 4 is 17.5 Å². The third kappa shape index (κ3) is 3.02. The summed E-state index contributed by atoms with van der Waals surface area (Å²) in [7, 11) is 0. The zero-order chi connectivity index (χ0) is 16.6. The van der Waals surface area contributed by atoms with E-state index in [1.165, 1.54) is 17.4 Å². The third-order valence-corrected chi connectivity index (χ3v) is 4.00. The molecule has 120 valence electrons. The van der Waals surface area contributed by atoms with E-state index in [4.69, 9.17) is 11.6 Å². The molecule has 1 aromatic heterocycles. The Balaban J connectivity index is 1.99. The van der Waals surface area contributed by atoms with Gasteiger partial charge in [0.2, 0.25) is 0 Å². The minimum atomic E-state index is -0.841. The van der Waals surface area contributed by atoms with Gasteiger partial charge in [-0.2, -0.15) is 0 Å². The van der Waals surface area contributed by atoms with E-state index in [9.17, 15) is 18.7 Å². The van der Waals surface area contributed by atoms with Crippen LogP contribution in [0.15, 0.2) is 30.7 Å². The Morgan fingerprint density at radius 2 is 2.17 bits per heavy atom. The standard InChI is InChI=1S/C15H12ClF2N3O2/c16-11-5-19-7-20-14(11)15(23)21-6-9(22)4-13(21)10-3-8(17)1-2-12(10)18/h1-3,5,7,9,13,22H,4,6H2/t9-,13-/m0/s1. The van der Waals surface area contributed by atoms with Gasteiger partial charge in [0.1, 0.15) is 23.7 Å². The SMILES string of the molecule is O=C(c1ncncc1Cl)N1C[C@@H](O)C[C@H]1c1cc(F)ccc1F. The molecule has 1 saturated heterocycles. The monoisotopic (exact) mass is 339 g/mol. The minimum Gasteiger partial charge on any atom is -0.391 e. The van der Waals surface area contributed by atoms with Gasteiger partial charge in [0, 0.05) is 18.3 Å². The lowest BCUT2D eigenvalue weighted by Crippen LogP contribution is -2.33. The molecule has 2 atom stereocenters. The number of hydrogen-bond acceptors (Lipinski definition) is 4. The third-order valence-electron chi connectivity index (χ3n) is 3.73. The molecule has 0 saturated carbocycles. The van der Waals surface area contributed by atoms with Crippen LogP contribution in [0.5, 0.6) is 0 Å². The number of nitrogens with zero attached hydrogens (tertiary/aromatic N) is 3. The number of carbonyl (C=O) groups excluding carboxylic acids is 1.